The van der Waals surface area contributed by atoms with Crippen molar-refractivity contribution in [1.82, 2.24) is 10.2 Å². The Balaban J connectivity index is 1.46. The molecular weight excluding hydrogens is 424 g/mol. The summed E-state index contributed by atoms with van der Waals surface area (Å²) in [6.45, 7) is 8.28. The third-order valence-electron chi connectivity index (χ3n) is 6.48. The lowest BCUT2D eigenvalue weighted by atomic mass is 10.0. The molecule has 4 rings (SSSR count). The maximum absolute atomic E-state index is 12.5. The predicted molar refractivity (Wildman–Crippen MR) is 125 cm³/mol. The number of anilines is 2. The van der Waals surface area contributed by atoms with Crippen molar-refractivity contribution in [2.45, 2.75) is 64.1 Å². The summed E-state index contributed by atoms with van der Waals surface area (Å²) in [6.07, 6.45) is 2.23. The van der Waals surface area contributed by atoms with Crippen LogP contribution in [0.1, 0.15) is 46.5 Å². The van der Waals surface area contributed by atoms with Gasteiger partial charge in [-0.2, -0.15) is 0 Å². The van der Waals surface area contributed by atoms with Crippen LogP contribution >= 0.6 is 0 Å². The molecule has 3 amide bonds. The van der Waals surface area contributed by atoms with Crippen molar-refractivity contribution < 1.29 is 23.9 Å². The third-order valence-corrected chi connectivity index (χ3v) is 6.48. The quantitative estimate of drug-likeness (QED) is 0.696. The van der Waals surface area contributed by atoms with Crippen LogP contribution < -0.4 is 19.9 Å². The van der Waals surface area contributed by atoms with E-state index in [1.807, 2.05) is 39.0 Å². The predicted octanol–water partition coefficient (Wildman–Crippen LogP) is 2.53. The van der Waals surface area contributed by atoms with Gasteiger partial charge >= 0.3 is 6.09 Å². The van der Waals surface area contributed by atoms with Gasteiger partial charge in [-0.25, -0.2) is 4.79 Å². The standard InChI is InChI=1S/C24H34N4O5/c1-24(2,3)33-23(31)26(4)16-10-12-27(13-11-16)17-6-5-7-18-21(17)32-15-14-28(18)19-8-9-20(29)25-22(19)30/h5-7,16,19H,8-15H2,1-4H3,(H,25,29,30). The summed E-state index contributed by atoms with van der Waals surface area (Å²) in [6, 6.07) is 5.76. The summed E-state index contributed by atoms with van der Waals surface area (Å²) >= 11 is 0. The lowest BCUT2D eigenvalue weighted by molar-refractivity contribution is -0.134. The van der Waals surface area contributed by atoms with Crippen LogP contribution in [0, 0.1) is 0 Å². The molecule has 1 atom stereocenters. The van der Waals surface area contributed by atoms with Gasteiger partial charge < -0.3 is 24.2 Å². The minimum absolute atomic E-state index is 0.122. The number of nitrogens with zero attached hydrogens (tertiary/aromatic N) is 3. The molecule has 9 heteroatoms. The average Bonchev–Trinajstić information content (AvgIpc) is 2.77. The lowest BCUT2D eigenvalue weighted by Crippen LogP contribution is -2.54. The normalized spacial score (nSPS) is 21.8. The van der Waals surface area contributed by atoms with Gasteiger partial charge in [-0.05, 0) is 52.2 Å². The topological polar surface area (TPSA) is 91.4 Å². The molecule has 3 aliphatic heterocycles. The summed E-state index contributed by atoms with van der Waals surface area (Å²) in [7, 11) is 1.81. The van der Waals surface area contributed by atoms with E-state index in [9.17, 15) is 14.4 Å². The number of benzene rings is 1. The first-order valence-electron chi connectivity index (χ1n) is 11.7. The van der Waals surface area contributed by atoms with Gasteiger partial charge in [0.15, 0.2) is 5.75 Å². The Kier molecular flexibility index (Phi) is 6.41. The fourth-order valence-electron chi connectivity index (χ4n) is 4.78. The minimum Gasteiger partial charge on any atom is -0.487 e. The first-order valence-corrected chi connectivity index (χ1v) is 11.7. The molecule has 3 heterocycles. The van der Waals surface area contributed by atoms with Gasteiger partial charge in [0.1, 0.15) is 18.2 Å². The van der Waals surface area contributed by atoms with Gasteiger partial charge in [0, 0.05) is 32.6 Å². The number of hydrogen-bond acceptors (Lipinski definition) is 7. The number of imide groups is 1. The van der Waals surface area contributed by atoms with Gasteiger partial charge in [-0.1, -0.05) is 6.07 Å². The second-order valence-corrected chi connectivity index (χ2v) is 9.94. The number of amides is 3. The van der Waals surface area contributed by atoms with Crippen LogP contribution in [0.4, 0.5) is 16.2 Å². The largest absolute Gasteiger partial charge is 0.487 e. The maximum Gasteiger partial charge on any atom is 0.410 e. The van der Waals surface area contributed by atoms with E-state index in [-0.39, 0.29) is 30.0 Å². The highest BCUT2D eigenvalue weighted by Gasteiger charge is 2.36. The van der Waals surface area contributed by atoms with E-state index >= 15 is 0 Å². The number of carbonyl (C=O) groups excluding carboxylic acids is 3. The van der Waals surface area contributed by atoms with Crippen LogP contribution in [0.25, 0.3) is 0 Å². The Morgan fingerprint density at radius 1 is 1.12 bits per heavy atom. The van der Waals surface area contributed by atoms with Crippen LogP contribution in [0.15, 0.2) is 18.2 Å². The first kappa shape index (κ1) is 23.2. The number of para-hydroxylation sites is 1. The number of nitrogens with one attached hydrogen (secondary N) is 1. The van der Waals surface area contributed by atoms with Crippen molar-refractivity contribution in [3.05, 3.63) is 18.2 Å². The average molecular weight is 459 g/mol. The minimum atomic E-state index is -0.513. The molecule has 1 aromatic rings. The lowest BCUT2D eigenvalue weighted by Gasteiger charge is -2.41. The molecule has 1 unspecified atom stereocenters. The van der Waals surface area contributed by atoms with E-state index in [0.717, 1.165) is 43.1 Å². The first-order chi connectivity index (χ1) is 15.6. The summed E-state index contributed by atoms with van der Waals surface area (Å²) < 4.78 is 11.6. The number of piperidine rings is 2. The SMILES string of the molecule is CN(C(=O)OC(C)(C)C)C1CCN(c2cccc3c2OCCN3C2CCC(=O)NC2=O)CC1. The highest BCUT2D eigenvalue weighted by atomic mass is 16.6. The molecule has 33 heavy (non-hydrogen) atoms. The molecular formula is C24H34N4O5. The molecule has 0 spiro atoms. The molecule has 2 fully saturated rings. The summed E-state index contributed by atoms with van der Waals surface area (Å²) in [5.74, 6) is 0.334. The van der Waals surface area contributed by atoms with Crippen molar-refractivity contribution in [2.24, 2.45) is 0 Å². The Morgan fingerprint density at radius 2 is 1.82 bits per heavy atom. The van der Waals surface area contributed by atoms with Crippen molar-refractivity contribution in [3.8, 4) is 5.75 Å². The van der Waals surface area contributed by atoms with Crippen molar-refractivity contribution in [3.63, 3.8) is 0 Å². The number of carbonyl (C=O) groups is 3. The fraction of sp³-hybridized carbons (Fsp3) is 0.625. The van der Waals surface area contributed by atoms with E-state index in [1.54, 1.807) is 11.9 Å². The summed E-state index contributed by atoms with van der Waals surface area (Å²) in [4.78, 5) is 42.6. The molecule has 0 radical (unpaired) electrons. The molecule has 1 aromatic carbocycles. The smallest absolute Gasteiger partial charge is 0.410 e. The van der Waals surface area contributed by atoms with Gasteiger partial charge in [0.25, 0.3) is 0 Å². The van der Waals surface area contributed by atoms with Gasteiger partial charge in [-0.3, -0.25) is 14.9 Å². The maximum atomic E-state index is 12.5. The van der Waals surface area contributed by atoms with Crippen molar-refractivity contribution in [2.75, 3.05) is 43.1 Å². The Labute approximate surface area is 195 Å². The number of fused-ring (bicyclic) bond motifs is 1. The molecule has 180 valence electrons. The zero-order valence-electron chi connectivity index (χ0n) is 19.9. The van der Waals surface area contributed by atoms with E-state index in [1.165, 1.54) is 0 Å². The Hall–Kier alpha value is -2.97. The molecule has 2 saturated heterocycles. The van der Waals surface area contributed by atoms with E-state index in [0.29, 0.717) is 26.0 Å². The van der Waals surface area contributed by atoms with Gasteiger partial charge in [0.05, 0.1) is 17.9 Å². The second-order valence-electron chi connectivity index (χ2n) is 9.94. The molecule has 0 saturated carbocycles. The monoisotopic (exact) mass is 458 g/mol. The molecule has 0 aromatic heterocycles. The van der Waals surface area contributed by atoms with Gasteiger partial charge in [0.2, 0.25) is 11.8 Å². The fourth-order valence-corrected chi connectivity index (χ4v) is 4.78. The number of rotatable bonds is 3. The second kappa shape index (κ2) is 9.11. The molecule has 9 nitrogen and oxygen atoms in total. The van der Waals surface area contributed by atoms with Gasteiger partial charge in [-0.15, -0.1) is 0 Å². The summed E-state index contributed by atoms with van der Waals surface area (Å²) in [5.41, 5.74) is 1.38. The zero-order valence-corrected chi connectivity index (χ0v) is 19.9. The highest BCUT2D eigenvalue weighted by Crippen LogP contribution is 2.42. The van der Waals surface area contributed by atoms with E-state index in [2.05, 4.69) is 15.1 Å². The molecule has 0 aliphatic carbocycles. The molecule has 0 bridgehead atoms. The zero-order chi connectivity index (χ0) is 23.8. The van der Waals surface area contributed by atoms with Crippen LogP contribution in [-0.4, -0.2) is 73.8 Å². The Morgan fingerprint density at radius 3 is 2.48 bits per heavy atom. The highest BCUT2D eigenvalue weighted by molar-refractivity contribution is 6.02. The van der Waals surface area contributed by atoms with E-state index < -0.39 is 5.60 Å². The van der Waals surface area contributed by atoms with Crippen LogP contribution in [-0.2, 0) is 14.3 Å². The van der Waals surface area contributed by atoms with Crippen LogP contribution in [0.5, 0.6) is 5.75 Å². The van der Waals surface area contributed by atoms with Crippen LogP contribution in [0.2, 0.25) is 0 Å². The van der Waals surface area contributed by atoms with E-state index in [4.69, 9.17) is 9.47 Å². The number of ether oxygens (including phenoxy) is 2. The number of hydrogen-bond donors (Lipinski definition) is 1. The van der Waals surface area contributed by atoms with Crippen molar-refractivity contribution >= 4 is 29.3 Å². The molecule has 1 N–H and O–H groups in total. The van der Waals surface area contributed by atoms with Crippen LogP contribution in [0.3, 0.4) is 0 Å². The van der Waals surface area contributed by atoms with Crippen molar-refractivity contribution in [1.29, 1.82) is 0 Å². The molecule has 3 aliphatic rings. The third kappa shape index (κ3) is 5.02. The summed E-state index contributed by atoms with van der Waals surface area (Å²) in [5, 5.41) is 2.46. The Bertz CT molecular complexity index is 920.